The smallest absolute Gasteiger partial charge is 0.322 e. The van der Waals surface area contributed by atoms with Crippen LogP contribution in [0.25, 0.3) is 0 Å². The van der Waals surface area contributed by atoms with Gasteiger partial charge in [-0.2, -0.15) is 0 Å². The Hall–Kier alpha value is -2.54. The van der Waals surface area contributed by atoms with Gasteiger partial charge in [0, 0.05) is 36.2 Å². The van der Waals surface area contributed by atoms with Crippen LogP contribution in [0.5, 0.6) is 5.75 Å². The Morgan fingerprint density at radius 1 is 1.00 bits per heavy atom. The molecule has 2 aromatic rings. The summed E-state index contributed by atoms with van der Waals surface area (Å²) in [6.07, 6.45) is 0. The van der Waals surface area contributed by atoms with Crippen molar-refractivity contribution in [2.24, 2.45) is 0 Å². The summed E-state index contributed by atoms with van der Waals surface area (Å²) >= 11 is 3.39. The van der Waals surface area contributed by atoms with Gasteiger partial charge in [0.15, 0.2) is 0 Å². The van der Waals surface area contributed by atoms with Gasteiger partial charge in [-0.1, -0.05) is 34.1 Å². The van der Waals surface area contributed by atoms with Crippen LogP contribution in [0.1, 0.15) is 10.4 Å². The number of piperazine rings is 1. The number of urea groups is 1. The monoisotopic (exact) mass is 417 g/mol. The molecule has 1 aliphatic rings. The third-order valence-corrected chi connectivity index (χ3v) is 4.77. The van der Waals surface area contributed by atoms with Crippen LogP contribution in [0.15, 0.2) is 53.0 Å². The number of nitrogens with one attached hydrogen (secondary N) is 1. The summed E-state index contributed by atoms with van der Waals surface area (Å²) in [6, 6.07) is 14.4. The highest BCUT2D eigenvalue weighted by Crippen LogP contribution is 2.28. The number of halogens is 1. The van der Waals surface area contributed by atoms with Crippen molar-refractivity contribution in [2.75, 3.05) is 38.6 Å². The zero-order valence-corrected chi connectivity index (χ0v) is 16.0. The van der Waals surface area contributed by atoms with E-state index in [1.165, 1.54) is 0 Å². The summed E-state index contributed by atoms with van der Waals surface area (Å²) < 4.78 is 6.13. The van der Waals surface area contributed by atoms with Crippen LogP contribution in [-0.2, 0) is 0 Å². The first-order chi connectivity index (χ1) is 12.6. The van der Waals surface area contributed by atoms with Crippen molar-refractivity contribution in [3.05, 3.63) is 58.6 Å². The van der Waals surface area contributed by atoms with E-state index in [0.29, 0.717) is 43.2 Å². The molecular formula is C19H20BrN3O3. The van der Waals surface area contributed by atoms with Crippen LogP contribution in [0, 0.1) is 0 Å². The number of nitrogens with zero attached hydrogens (tertiary/aromatic N) is 2. The van der Waals surface area contributed by atoms with E-state index in [1.807, 2.05) is 24.3 Å². The van der Waals surface area contributed by atoms with E-state index in [0.717, 1.165) is 4.47 Å². The van der Waals surface area contributed by atoms with E-state index in [9.17, 15) is 9.59 Å². The molecule has 3 amide bonds. The Morgan fingerprint density at radius 2 is 1.65 bits per heavy atom. The number of carbonyl (C=O) groups excluding carboxylic acids is 2. The highest BCUT2D eigenvalue weighted by atomic mass is 79.9. The lowest BCUT2D eigenvalue weighted by atomic mass is 10.2. The Kier molecular flexibility index (Phi) is 5.78. The second-order valence-corrected chi connectivity index (χ2v) is 6.84. The molecule has 1 aliphatic heterocycles. The highest BCUT2D eigenvalue weighted by Gasteiger charge is 2.25. The quantitative estimate of drug-likeness (QED) is 0.831. The Labute approximate surface area is 160 Å². The SMILES string of the molecule is COc1ccc(Br)cc1NC(=O)N1CCN(C(=O)c2ccccc2)CC1. The Bertz CT molecular complexity index is 790. The van der Waals surface area contributed by atoms with Crippen LogP contribution in [-0.4, -0.2) is 55.0 Å². The lowest BCUT2D eigenvalue weighted by molar-refractivity contribution is 0.0671. The molecule has 0 radical (unpaired) electrons. The molecule has 0 aromatic heterocycles. The molecule has 6 nitrogen and oxygen atoms in total. The van der Waals surface area contributed by atoms with Crippen molar-refractivity contribution in [3.63, 3.8) is 0 Å². The molecule has 0 bridgehead atoms. The van der Waals surface area contributed by atoms with E-state index in [4.69, 9.17) is 4.74 Å². The van der Waals surface area contributed by atoms with Crippen molar-refractivity contribution in [1.29, 1.82) is 0 Å². The molecule has 0 unspecified atom stereocenters. The van der Waals surface area contributed by atoms with Gasteiger partial charge in [0.1, 0.15) is 5.75 Å². The largest absolute Gasteiger partial charge is 0.495 e. The fraction of sp³-hybridized carbons (Fsp3) is 0.263. The maximum Gasteiger partial charge on any atom is 0.322 e. The van der Waals surface area contributed by atoms with Crippen LogP contribution in [0.2, 0.25) is 0 Å². The molecule has 136 valence electrons. The van der Waals surface area contributed by atoms with Gasteiger partial charge >= 0.3 is 6.03 Å². The molecule has 1 saturated heterocycles. The second kappa shape index (κ2) is 8.23. The summed E-state index contributed by atoms with van der Waals surface area (Å²) in [7, 11) is 1.56. The van der Waals surface area contributed by atoms with Crippen molar-refractivity contribution in [2.45, 2.75) is 0 Å². The fourth-order valence-corrected chi connectivity index (χ4v) is 3.21. The second-order valence-electron chi connectivity index (χ2n) is 5.92. The zero-order chi connectivity index (χ0) is 18.5. The lowest BCUT2D eigenvalue weighted by Crippen LogP contribution is -2.51. The Balaban J connectivity index is 1.59. The maximum absolute atomic E-state index is 12.5. The van der Waals surface area contributed by atoms with E-state index in [-0.39, 0.29) is 11.9 Å². The molecule has 3 rings (SSSR count). The third-order valence-electron chi connectivity index (χ3n) is 4.28. The van der Waals surface area contributed by atoms with Crippen molar-refractivity contribution >= 4 is 33.6 Å². The number of anilines is 1. The molecular weight excluding hydrogens is 398 g/mol. The van der Waals surface area contributed by atoms with Gasteiger partial charge in [0.2, 0.25) is 0 Å². The van der Waals surface area contributed by atoms with Crippen LogP contribution < -0.4 is 10.1 Å². The number of benzene rings is 2. The summed E-state index contributed by atoms with van der Waals surface area (Å²) in [4.78, 5) is 28.5. The molecule has 0 saturated carbocycles. The molecule has 1 N–H and O–H groups in total. The molecule has 0 aliphatic carbocycles. The lowest BCUT2D eigenvalue weighted by Gasteiger charge is -2.34. The zero-order valence-electron chi connectivity index (χ0n) is 14.4. The Morgan fingerprint density at radius 3 is 2.31 bits per heavy atom. The predicted molar refractivity (Wildman–Crippen MR) is 104 cm³/mol. The number of amides is 3. The highest BCUT2D eigenvalue weighted by molar-refractivity contribution is 9.10. The van der Waals surface area contributed by atoms with Gasteiger partial charge < -0.3 is 19.9 Å². The van der Waals surface area contributed by atoms with E-state index >= 15 is 0 Å². The van der Waals surface area contributed by atoms with E-state index in [1.54, 1.807) is 41.2 Å². The predicted octanol–water partition coefficient (Wildman–Crippen LogP) is 3.45. The molecule has 7 heteroatoms. The number of hydrogen-bond donors (Lipinski definition) is 1. The molecule has 1 fully saturated rings. The van der Waals surface area contributed by atoms with Gasteiger partial charge in [-0.15, -0.1) is 0 Å². The fourth-order valence-electron chi connectivity index (χ4n) is 2.85. The first-order valence-electron chi connectivity index (χ1n) is 8.32. The van der Waals surface area contributed by atoms with E-state index in [2.05, 4.69) is 21.2 Å². The minimum atomic E-state index is -0.201. The van der Waals surface area contributed by atoms with Crippen molar-refractivity contribution < 1.29 is 14.3 Å². The maximum atomic E-state index is 12.5. The molecule has 26 heavy (non-hydrogen) atoms. The summed E-state index contributed by atoms with van der Waals surface area (Å²) in [5.41, 5.74) is 1.28. The van der Waals surface area contributed by atoms with Gasteiger partial charge in [0.25, 0.3) is 5.91 Å². The average molecular weight is 418 g/mol. The first kappa shape index (κ1) is 18.3. The number of rotatable bonds is 3. The van der Waals surface area contributed by atoms with Gasteiger partial charge in [-0.25, -0.2) is 4.79 Å². The number of carbonyl (C=O) groups is 2. The van der Waals surface area contributed by atoms with Gasteiger partial charge in [0.05, 0.1) is 12.8 Å². The van der Waals surface area contributed by atoms with Gasteiger partial charge in [-0.05, 0) is 30.3 Å². The van der Waals surface area contributed by atoms with Gasteiger partial charge in [-0.3, -0.25) is 4.79 Å². The summed E-state index contributed by atoms with van der Waals surface area (Å²) in [5, 5.41) is 2.88. The summed E-state index contributed by atoms with van der Waals surface area (Å²) in [5.74, 6) is 0.596. The van der Waals surface area contributed by atoms with Crippen LogP contribution in [0.4, 0.5) is 10.5 Å². The minimum Gasteiger partial charge on any atom is -0.495 e. The van der Waals surface area contributed by atoms with Crippen LogP contribution >= 0.6 is 15.9 Å². The molecule has 0 spiro atoms. The molecule has 2 aromatic carbocycles. The topological polar surface area (TPSA) is 61.9 Å². The van der Waals surface area contributed by atoms with Crippen molar-refractivity contribution in [1.82, 2.24) is 9.80 Å². The number of hydrogen-bond acceptors (Lipinski definition) is 3. The number of methoxy groups -OCH3 is 1. The minimum absolute atomic E-state index is 0.000632. The first-order valence-corrected chi connectivity index (χ1v) is 9.11. The average Bonchev–Trinajstić information content (AvgIpc) is 2.68. The van der Waals surface area contributed by atoms with Crippen LogP contribution in [0.3, 0.4) is 0 Å². The normalized spacial score (nSPS) is 14.1. The standard InChI is InChI=1S/C19H20BrN3O3/c1-26-17-8-7-15(20)13-16(17)21-19(25)23-11-9-22(10-12-23)18(24)14-5-3-2-4-6-14/h2-8,13H,9-12H2,1H3,(H,21,25). The number of ether oxygens (including phenoxy) is 1. The van der Waals surface area contributed by atoms with Crippen molar-refractivity contribution in [3.8, 4) is 5.75 Å². The third kappa shape index (κ3) is 4.16. The molecule has 0 atom stereocenters. The summed E-state index contributed by atoms with van der Waals surface area (Å²) in [6.45, 7) is 2.00. The van der Waals surface area contributed by atoms with E-state index < -0.39 is 0 Å². The molecule has 1 heterocycles.